The maximum Gasteiger partial charge on any atom is 0.276 e. The summed E-state index contributed by atoms with van der Waals surface area (Å²) in [5.74, 6) is 0.415. The lowest BCUT2D eigenvalue weighted by atomic mass is 10.1. The number of likely N-dealkylation sites (tertiary alicyclic amines) is 1. The van der Waals surface area contributed by atoms with E-state index in [2.05, 4.69) is 4.98 Å². The molecule has 1 amide bonds. The standard InChI is InChI=1S/C15H16N2O3/c1-10-3-5-11(6-4-10)14-13(16-9-20-14)15(18)17-7-12(8-17)19-2/h3-6,9,12H,7-8H2,1-2H3. The van der Waals surface area contributed by atoms with Crippen LogP contribution >= 0.6 is 0 Å². The number of hydrogen-bond acceptors (Lipinski definition) is 4. The van der Waals surface area contributed by atoms with Crippen molar-refractivity contribution in [3.8, 4) is 11.3 Å². The molecule has 3 rings (SSSR count). The number of rotatable bonds is 3. The van der Waals surface area contributed by atoms with Crippen molar-refractivity contribution < 1.29 is 13.9 Å². The van der Waals surface area contributed by atoms with Crippen LogP contribution in [-0.4, -0.2) is 42.1 Å². The van der Waals surface area contributed by atoms with Crippen LogP contribution in [0.3, 0.4) is 0 Å². The van der Waals surface area contributed by atoms with Crippen LogP contribution < -0.4 is 0 Å². The minimum atomic E-state index is -0.109. The van der Waals surface area contributed by atoms with Gasteiger partial charge < -0.3 is 14.1 Å². The van der Waals surface area contributed by atoms with Crippen LogP contribution in [0.4, 0.5) is 0 Å². The van der Waals surface area contributed by atoms with Crippen molar-refractivity contribution in [2.75, 3.05) is 20.2 Å². The molecule has 0 spiro atoms. The lowest BCUT2D eigenvalue weighted by molar-refractivity contribution is -0.0194. The van der Waals surface area contributed by atoms with Gasteiger partial charge in [0.05, 0.1) is 6.10 Å². The molecule has 0 radical (unpaired) electrons. The van der Waals surface area contributed by atoms with E-state index in [9.17, 15) is 4.79 Å². The van der Waals surface area contributed by atoms with Gasteiger partial charge in [0.25, 0.3) is 5.91 Å². The highest BCUT2D eigenvalue weighted by molar-refractivity contribution is 5.98. The summed E-state index contributed by atoms with van der Waals surface area (Å²) in [6.45, 7) is 3.23. The molecule has 0 atom stereocenters. The number of ether oxygens (including phenoxy) is 1. The molecule has 0 bridgehead atoms. The van der Waals surface area contributed by atoms with Gasteiger partial charge in [-0.25, -0.2) is 4.98 Å². The van der Waals surface area contributed by atoms with Gasteiger partial charge in [0.2, 0.25) is 0 Å². The topological polar surface area (TPSA) is 55.6 Å². The Balaban J connectivity index is 1.83. The van der Waals surface area contributed by atoms with E-state index in [0.29, 0.717) is 24.5 Å². The summed E-state index contributed by atoms with van der Waals surface area (Å²) in [5, 5.41) is 0. The second-order valence-electron chi connectivity index (χ2n) is 4.96. The first kappa shape index (κ1) is 12.9. The predicted molar refractivity (Wildman–Crippen MR) is 73.4 cm³/mol. The average Bonchev–Trinajstić information content (AvgIpc) is 2.87. The van der Waals surface area contributed by atoms with Gasteiger partial charge in [0, 0.05) is 25.8 Å². The minimum Gasteiger partial charge on any atom is -0.443 e. The first-order chi connectivity index (χ1) is 9.69. The molecular formula is C15H16N2O3. The minimum absolute atomic E-state index is 0.109. The van der Waals surface area contributed by atoms with Crippen molar-refractivity contribution in [2.45, 2.75) is 13.0 Å². The van der Waals surface area contributed by atoms with E-state index >= 15 is 0 Å². The Morgan fingerprint density at radius 3 is 2.70 bits per heavy atom. The number of aromatic nitrogens is 1. The predicted octanol–water partition coefficient (Wildman–Crippen LogP) is 2.12. The molecule has 0 saturated carbocycles. The van der Waals surface area contributed by atoms with Crippen molar-refractivity contribution in [3.63, 3.8) is 0 Å². The molecule has 2 heterocycles. The summed E-state index contributed by atoms with van der Waals surface area (Å²) in [5.41, 5.74) is 2.38. The van der Waals surface area contributed by atoms with Crippen LogP contribution in [-0.2, 0) is 4.74 Å². The van der Waals surface area contributed by atoms with Gasteiger partial charge in [0.1, 0.15) is 0 Å². The lowest BCUT2D eigenvalue weighted by Crippen LogP contribution is -2.54. The maximum atomic E-state index is 12.4. The molecule has 1 aliphatic heterocycles. The number of carbonyl (C=O) groups is 1. The van der Waals surface area contributed by atoms with Crippen molar-refractivity contribution in [1.82, 2.24) is 9.88 Å². The van der Waals surface area contributed by atoms with Crippen LogP contribution in [0, 0.1) is 6.92 Å². The zero-order chi connectivity index (χ0) is 14.1. The van der Waals surface area contributed by atoms with E-state index in [-0.39, 0.29) is 12.0 Å². The molecule has 1 aromatic carbocycles. The van der Waals surface area contributed by atoms with E-state index in [1.165, 1.54) is 6.39 Å². The molecule has 1 aromatic heterocycles. The first-order valence-electron chi connectivity index (χ1n) is 6.51. The van der Waals surface area contributed by atoms with Gasteiger partial charge in [-0.3, -0.25) is 4.79 Å². The summed E-state index contributed by atoms with van der Waals surface area (Å²) in [7, 11) is 1.65. The number of nitrogens with zero attached hydrogens (tertiary/aromatic N) is 2. The Morgan fingerprint density at radius 2 is 2.05 bits per heavy atom. The highest BCUT2D eigenvalue weighted by Crippen LogP contribution is 2.26. The van der Waals surface area contributed by atoms with E-state index in [1.807, 2.05) is 31.2 Å². The van der Waals surface area contributed by atoms with Crippen LogP contribution in [0.2, 0.25) is 0 Å². The van der Waals surface area contributed by atoms with E-state index in [0.717, 1.165) is 11.1 Å². The Morgan fingerprint density at radius 1 is 1.35 bits per heavy atom. The Bertz CT molecular complexity index is 612. The molecule has 1 fully saturated rings. The highest BCUT2D eigenvalue weighted by Gasteiger charge is 2.33. The van der Waals surface area contributed by atoms with Crippen molar-refractivity contribution in [1.29, 1.82) is 0 Å². The molecule has 104 valence electrons. The Labute approximate surface area is 117 Å². The zero-order valence-corrected chi connectivity index (χ0v) is 11.5. The van der Waals surface area contributed by atoms with Crippen molar-refractivity contribution in [2.24, 2.45) is 0 Å². The number of benzene rings is 1. The summed E-state index contributed by atoms with van der Waals surface area (Å²) in [4.78, 5) is 18.1. The fourth-order valence-electron chi connectivity index (χ4n) is 2.21. The monoisotopic (exact) mass is 272 g/mol. The van der Waals surface area contributed by atoms with Crippen LogP contribution in [0.1, 0.15) is 16.1 Å². The number of carbonyl (C=O) groups excluding carboxylic acids is 1. The molecule has 0 aliphatic carbocycles. The number of methoxy groups -OCH3 is 1. The summed E-state index contributed by atoms with van der Waals surface area (Å²) >= 11 is 0. The molecule has 2 aromatic rings. The van der Waals surface area contributed by atoms with Gasteiger partial charge in [-0.1, -0.05) is 29.8 Å². The van der Waals surface area contributed by atoms with Crippen LogP contribution in [0.25, 0.3) is 11.3 Å². The van der Waals surface area contributed by atoms with Crippen molar-refractivity contribution >= 4 is 5.91 Å². The molecule has 0 unspecified atom stereocenters. The molecule has 20 heavy (non-hydrogen) atoms. The Hall–Kier alpha value is -2.14. The van der Waals surface area contributed by atoms with E-state index < -0.39 is 0 Å². The molecule has 5 nitrogen and oxygen atoms in total. The van der Waals surface area contributed by atoms with E-state index in [1.54, 1.807) is 12.0 Å². The first-order valence-corrected chi connectivity index (χ1v) is 6.51. The van der Waals surface area contributed by atoms with E-state index in [4.69, 9.17) is 9.15 Å². The third-order valence-electron chi connectivity index (χ3n) is 3.55. The zero-order valence-electron chi connectivity index (χ0n) is 11.5. The van der Waals surface area contributed by atoms with Gasteiger partial charge in [-0.05, 0) is 6.92 Å². The summed E-state index contributed by atoms with van der Waals surface area (Å²) in [6, 6.07) is 7.83. The average molecular weight is 272 g/mol. The quantitative estimate of drug-likeness (QED) is 0.858. The van der Waals surface area contributed by atoms with Crippen LogP contribution in [0.15, 0.2) is 35.1 Å². The number of aryl methyl sites for hydroxylation is 1. The molecular weight excluding hydrogens is 256 g/mol. The third-order valence-corrected chi connectivity index (χ3v) is 3.55. The number of hydrogen-bond donors (Lipinski definition) is 0. The fourth-order valence-corrected chi connectivity index (χ4v) is 2.21. The lowest BCUT2D eigenvalue weighted by Gasteiger charge is -2.37. The van der Waals surface area contributed by atoms with Crippen molar-refractivity contribution in [3.05, 3.63) is 41.9 Å². The normalized spacial score (nSPS) is 15.2. The molecule has 5 heteroatoms. The number of oxazole rings is 1. The second-order valence-corrected chi connectivity index (χ2v) is 4.96. The molecule has 1 saturated heterocycles. The third kappa shape index (κ3) is 2.20. The smallest absolute Gasteiger partial charge is 0.276 e. The number of amides is 1. The molecule has 0 N–H and O–H groups in total. The van der Waals surface area contributed by atoms with Gasteiger partial charge in [-0.15, -0.1) is 0 Å². The van der Waals surface area contributed by atoms with Gasteiger partial charge in [-0.2, -0.15) is 0 Å². The van der Waals surface area contributed by atoms with Crippen LogP contribution in [0.5, 0.6) is 0 Å². The maximum absolute atomic E-state index is 12.4. The largest absolute Gasteiger partial charge is 0.443 e. The second kappa shape index (κ2) is 5.09. The summed E-state index contributed by atoms with van der Waals surface area (Å²) in [6.07, 6.45) is 1.45. The SMILES string of the molecule is COC1CN(C(=O)c2ncoc2-c2ccc(C)cc2)C1. The molecule has 1 aliphatic rings. The van der Waals surface area contributed by atoms with Gasteiger partial charge >= 0.3 is 0 Å². The Kier molecular flexibility index (Phi) is 3.28. The summed E-state index contributed by atoms with van der Waals surface area (Å²) < 4.78 is 10.6. The highest BCUT2D eigenvalue weighted by atomic mass is 16.5. The fraction of sp³-hybridized carbons (Fsp3) is 0.333. The van der Waals surface area contributed by atoms with Gasteiger partial charge in [0.15, 0.2) is 17.8 Å².